The first-order valence-corrected chi connectivity index (χ1v) is 8.69. The number of amides is 1. The summed E-state index contributed by atoms with van der Waals surface area (Å²) in [6.45, 7) is 9.80. The summed E-state index contributed by atoms with van der Waals surface area (Å²) in [6, 6.07) is 5.27. The molecule has 1 atom stereocenters. The van der Waals surface area contributed by atoms with E-state index in [9.17, 15) is 18.0 Å². The highest BCUT2D eigenvalue weighted by atomic mass is 19.4. The zero-order chi connectivity index (χ0) is 19.6. The minimum absolute atomic E-state index is 0.0272. The van der Waals surface area contributed by atoms with Crippen LogP contribution < -0.4 is 5.32 Å². The fourth-order valence-electron chi connectivity index (χ4n) is 2.93. The first-order chi connectivity index (χ1) is 12.1. The Hall–Kier alpha value is -2.24. The monoisotopic (exact) mass is 366 g/mol. The lowest BCUT2D eigenvalue weighted by Crippen LogP contribution is -2.34. The summed E-state index contributed by atoms with van der Waals surface area (Å²) in [4.78, 5) is 12.7. The van der Waals surface area contributed by atoms with Crippen LogP contribution in [0.25, 0.3) is 0 Å². The summed E-state index contributed by atoms with van der Waals surface area (Å²) in [6.07, 6.45) is -3.58. The summed E-state index contributed by atoms with van der Waals surface area (Å²) >= 11 is 0. The maximum absolute atomic E-state index is 13.0. The van der Waals surface area contributed by atoms with Crippen LogP contribution in [0.3, 0.4) is 0 Å². The Kier molecular flexibility index (Phi) is 5.84. The van der Waals surface area contributed by atoms with E-state index >= 15 is 0 Å². The number of rotatable bonds is 5. The number of nitrogens with zero attached hydrogens (tertiary/aromatic N) is 1. The molecule has 2 aromatic rings. The summed E-state index contributed by atoms with van der Waals surface area (Å²) < 4.78 is 40.7. The smallest absolute Gasteiger partial charge is 0.348 e. The molecule has 1 N–H and O–H groups in total. The summed E-state index contributed by atoms with van der Waals surface area (Å²) in [5.74, 6) is -0.194. The molecular formula is C20H25F3N2O. The van der Waals surface area contributed by atoms with Gasteiger partial charge in [-0.2, -0.15) is 13.2 Å². The second kappa shape index (κ2) is 7.56. The molecule has 2 rings (SSSR count). The number of halogens is 3. The molecule has 142 valence electrons. The first-order valence-electron chi connectivity index (χ1n) is 8.69. The Morgan fingerprint density at radius 1 is 1.19 bits per heavy atom. The molecule has 6 heteroatoms. The molecule has 0 unspecified atom stereocenters. The van der Waals surface area contributed by atoms with Crippen LogP contribution in [0.2, 0.25) is 0 Å². The lowest BCUT2D eigenvalue weighted by Gasteiger charge is -2.16. The molecule has 1 amide bonds. The fraction of sp³-hybridized carbons (Fsp3) is 0.450. The molecule has 3 nitrogen and oxygen atoms in total. The molecule has 0 saturated carbocycles. The van der Waals surface area contributed by atoms with Gasteiger partial charge in [-0.25, -0.2) is 0 Å². The van der Waals surface area contributed by atoms with Crippen molar-refractivity contribution >= 4 is 5.91 Å². The average molecular weight is 366 g/mol. The normalized spacial score (nSPS) is 12.9. The Morgan fingerprint density at radius 2 is 1.85 bits per heavy atom. The Balaban J connectivity index is 2.44. The van der Waals surface area contributed by atoms with Crippen LogP contribution in [0.15, 0.2) is 24.3 Å². The van der Waals surface area contributed by atoms with Crippen LogP contribution in [0.5, 0.6) is 0 Å². The Bertz CT molecular complexity index is 806. The van der Waals surface area contributed by atoms with E-state index in [4.69, 9.17) is 0 Å². The molecule has 1 heterocycles. The van der Waals surface area contributed by atoms with E-state index in [0.717, 1.165) is 35.4 Å². The highest BCUT2D eigenvalue weighted by Gasteiger charge is 2.30. The van der Waals surface area contributed by atoms with Gasteiger partial charge in [-0.1, -0.05) is 19.1 Å². The van der Waals surface area contributed by atoms with Crippen LogP contribution in [0.1, 0.15) is 58.7 Å². The number of carbonyl (C=O) groups is 1. The summed E-state index contributed by atoms with van der Waals surface area (Å²) in [5.41, 5.74) is 3.06. The van der Waals surface area contributed by atoms with Gasteiger partial charge in [0.1, 0.15) is 5.69 Å². The highest BCUT2D eigenvalue weighted by Crippen LogP contribution is 2.30. The maximum atomic E-state index is 13.0. The minimum Gasteiger partial charge on any atom is -0.348 e. The number of nitrogens with one attached hydrogen (secondary N) is 1. The van der Waals surface area contributed by atoms with E-state index in [0.29, 0.717) is 11.3 Å². The summed E-state index contributed by atoms with van der Waals surface area (Å²) in [7, 11) is 0. The standard InChI is InChI=1S/C20H25F3N2O/c1-6-12(2)24-19(26)18-14(4)13(3)15(5)25(18)11-16-8-7-9-17(10-16)20(21,22)23/h7-10,12H,6,11H2,1-5H3,(H,24,26)/t12-/m0/s1. The number of hydrogen-bond donors (Lipinski definition) is 1. The predicted molar refractivity (Wildman–Crippen MR) is 96.4 cm³/mol. The van der Waals surface area contributed by atoms with Crippen LogP contribution >= 0.6 is 0 Å². The van der Waals surface area contributed by atoms with Crippen molar-refractivity contribution in [2.45, 2.75) is 59.8 Å². The molecule has 1 aromatic heterocycles. The number of carbonyl (C=O) groups excluding carboxylic acids is 1. The van der Waals surface area contributed by atoms with Crippen LogP contribution in [0.4, 0.5) is 13.2 Å². The van der Waals surface area contributed by atoms with Crippen molar-refractivity contribution in [1.29, 1.82) is 0 Å². The van der Waals surface area contributed by atoms with Gasteiger partial charge in [0, 0.05) is 18.3 Å². The Labute approximate surface area is 152 Å². The molecule has 0 spiro atoms. The van der Waals surface area contributed by atoms with Gasteiger partial charge in [0.15, 0.2) is 0 Å². The average Bonchev–Trinajstić information content (AvgIpc) is 2.78. The molecular weight excluding hydrogens is 341 g/mol. The number of hydrogen-bond acceptors (Lipinski definition) is 1. The Morgan fingerprint density at radius 3 is 2.42 bits per heavy atom. The molecule has 0 radical (unpaired) electrons. The third kappa shape index (κ3) is 4.11. The van der Waals surface area contributed by atoms with Crippen molar-refractivity contribution < 1.29 is 18.0 Å². The highest BCUT2D eigenvalue weighted by molar-refractivity contribution is 5.95. The van der Waals surface area contributed by atoms with E-state index in [-0.39, 0.29) is 18.5 Å². The second-order valence-electron chi connectivity index (χ2n) is 6.75. The van der Waals surface area contributed by atoms with Crippen molar-refractivity contribution in [3.8, 4) is 0 Å². The van der Waals surface area contributed by atoms with Gasteiger partial charge in [0.25, 0.3) is 5.91 Å². The van der Waals surface area contributed by atoms with Crippen molar-refractivity contribution in [2.24, 2.45) is 0 Å². The largest absolute Gasteiger partial charge is 0.416 e. The van der Waals surface area contributed by atoms with E-state index in [1.165, 1.54) is 6.07 Å². The quantitative estimate of drug-likeness (QED) is 0.793. The summed E-state index contributed by atoms with van der Waals surface area (Å²) in [5, 5.41) is 2.95. The van der Waals surface area contributed by atoms with Crippen molar-refractivity contribution in [3.05, 3.63) is 57.9 Å². The van der Waals surface area contributed by atoms with Gasteiger partial charge in [0.05, 0.1) is 5.56 Å². The van der Waals surface area contributed by atoms with Crippen molar-refractivity contribution in [1.82, 2.24) is 9.88 Å². The predicted octanol–water partition coefficient (Wildman–Crippen LogP) is 5.01. The zero-order valence-electron chi connectivity index (χ0n) is 15.8. The number of alkyl halides is 3. The van der Waals surface area contributed by atoms with Crippen molar-refractivity contribution in [2.75, 3.05) is 0 Å². The van der Waals surface area contributed by atoms with Crippen LogP contribution in [-0.4, -0.2) is 16.5 Å². The molecule has 0 aliphatic carbocycles. The van der Waals surface area contributed by atoms with E-state index in [2.05, 4.69) is 5.32 Å². The van der Waals surface area contributed by atoms with Crippen LogP contribution in [-0.2, 0) is 12.7 Å². The van der Waals surface area contributed by atoms with Gasteiger partial charge < -0.3 is 9.88 Å². The molecule has 0 bridgehead atoms. The lowest BCUT2D eigenvalue weighted by atomic mass is 10.1. The van der Waals surface area contributed by atoms with Gasteiger partial charge in [0.2, 0.25) is 0 Å². The third-order valence-electron chi connectivity index (χ3n) is 4.94. The lowest BCUT2D eigenvalue weighted by molar-refractivity contribution is -0.137. The molecule has 1 aromatic carbocycles. The van der Waals surface area contributed by atoms with Gasteiger partial charge in [-0.05, 0) is 62.9 Å². The topological polar surface area (TPSA) is 34.0 Å². The van der Waals surface area contributed by atoms with E-state index in [1.54, 1.807) is 10.6 Å². The molecule has 0 aliphatic rings. The minimum atomic E-state index is -4.38. The first kappa shape index (κ1) is 20.1. The SMILES string of the molecule is CC[C@H](C)NC(=O)c1c(C)c(C)c(C)n1Cc1cccc(C(F)(F)F)c1. The number of benzene rings is 1. The van der Waals surface area contributed by atoms with Crippen molar-refractivity contribution in [3.63, 3.8) is 0 Å². The maximum Gasteiger partial charge on any atom is 0.416 e. The number of aromatic nitrogens is 1. The molecule has 0 aliphatic heterocycles. The van der Waals surface area contributed by atoms with Gasteiger partial charge in [-0.15, -0.1) is 0 Å². The van der Waals surface area contributed by atoms with E-state index < -0.39 is 11.7 Å². The fourth-order valence-corrected chi connectivity index (χ4v) is 2.93. The van der Waals surface area contributed by atoms with E-state index in [1.807, 2.05) is 34.6 Å². The van der Waals surface area contributed by atoms with Gasteiger partial charge in [-0.3, -0.25) is 4.79 Å². The second-order valence-corrected chi connectivity index (χ2v) is 6.75. The zero-order valence-corrected chi connectivity index (χ0v) is 15.8. The molecule has 0 saturated heterocycles. The van der Waals surface area contributed by atoms with Crippen LogP contribution in [0, 0.1) is 20.8 Å². The third-order valence-corrected chi connectivity index (χ3v) is 4.94. The van der Waals surface area contributed by atoms with Gasteiger partial charge >= 0.3 is 6.18 Å². The molecule has 0 fully saturated rings. The molecule has 26 heavy (non-hydrogen) atoms.